The van der Waals surface area contributed by atoms with Crippen LogP contribution in [0.25, 0.3) is 16.5 Å². The van der Waals surface area contributed by atoms with Gasteiger partial charge in [-0.2, -0.15) is 0 Å². The van der Waals surface area contributed by atoms with Crippen LogP contribution in [0.4, 0.5) is 0 Å². The Balaban J connectivity index is 1.59. The zero-order valence-corrected chi connectivity index (χ0v) is 13.5. The smallest absolute Gasteiger partial charge is 0.253 e. The van der Waals surface area contributed by atoms with E-state index in [0.29, 0.717) is 12.1 Å². The van der Waals surface area contributed by atoms with Gasteiger partial charge in [-0.05, 0) is 17.0 Å². The monoisotopic (exact) mass is 328 g/mol. The van der Waals surface area contributed by atoms with Crippen molar-refractivity contribution in [2.24, 2.45) is 0 Å². The molecule has 1 amide bonds. The fourth-order valence-corrected chi connectivity index (χ4v) is 2.88. The second-order valence-corrected chi connectivity index (χ2v) is 5.69. The van der Waals surface area contributed by atoms with Crippen LogP contribution in [0.1, 0.15) is 15.9 Å². The highest BCUT2D eigenvalue weighted by Gasteiger charge is 2.11. The van der Waals surface area contributed by atoms with Crippen molar-refractivity contribution in [1.82, 2.24) is 19.9 Å². The van der Waals surface area contributed by atoms with E-state index in [1.807, 2.05) is 59.3 Å². The zero-order chi connectivity index (χ0) is 17.1. The summed E-state index contributed by atoms with van der Waals surface area (Å²) < 4.78 is 1.93. The number of fused-ring (bicyclic) bond motifs is 1. The lowest BCUT2D eigenvalue weighted by Gasteiger charge is -2.12. The molecule has 0 aliphatic heterocycles. The molecule has 0 saturated heterocycles. The summed E-state index contributed by atoms with van der Waals surface area (Å²) in [5, 5.41) is 4.85. The van der Waals surface area contributed by atoms with Crippen molar-refractivity contribution >= 4 is 16.7 Å². The molecule has 25 heavy (non-hydrogen) atoms. The van der Waals surface area contributed by atoms with Crippen LogP contribution in [0.3, 0.4) is 0 Å². The number of imidazole rings is 1. The Morgan fingerprint density at radius 1 is 1.00 bits per heavy atom. The summed E-state index contributed by atoms with van der Waals surface area (Å²) in [6.45, 7) is 0.427. The van der Waals surface area contributed by atoms with Gasteiger partial charge in [0, 0.05) is 36.7 Å². The highest BCUT2D eigenvalue weighted by molar-refractivity contribution is 6.06. The number of carbonyl (C=O) groups is 1. The fourth-order valence-electron chi connectivity index (χ4n) is 2.88. The Kier molecular flexibility index (Phi) is 3.96. The summed E-state index contributed by atoms with van der Waals surface area (Å²) >= 11 is 0. The van der Waals surface area contributed by atoms with Gasteiger partial charge in [0.15, 0.2) is 0 Å². The standard InChI is InChI=1S/C20H16N4O/c25-20(18-13-22-11-15-5-1-3-7-17(15)18)23-12-16-6-2-4-8-19(16)24-10-9-21-14-24/h1-11,13-14H,12H2,(H,23,25). The van der Waals surface area contributed by atoms with E-state index >= 15 is 0 Å². The molecule has 0 atom stereocenters. The molecule has 0 spiro atoms. The Morgan fingerprint density at radius 3 is 2.72 bits per heavy atom. The predicted molar refractivity (Wildman–Crippen MR) is 96.5 cm³/mol. The normalized spacial score (nSPS) is 10.7. The summed E-state index contributed by atoms with van der Waals surface area (Å²) in [6.07, 6.45) is 8.74. The van der Waals surface area contributed by atoms with Crippen LogP contribution in [-0.4, -0.2) is 20.4 Å². The number of nitrogens with zero attached hydrogens (tertiary/aromatic N) is 3. The minimum Gasteiger partial charge on any atom is -0.348 e. The highest BCUT2D eigenvalue weighted by atomic mass is 16.1. The zero-order valence-electron chi connectivity index (χ0n) is 13.5. The molecule has 0 aliphatic rings. The first-order chi connectivity index (χ1) is 12.3. The van der Waals surface area contributed by atoms with Crippen LogP contribution in [0.15, 0.2) is 79.6 Å². The topological polar surface area (TPSA) is 59.8 Å². The van der Waals surface area contributed by atoms with E-state index in [1.54, 1.807) is 24.9 Å². The van der Waals surface area contributed by atoms with Gasteiger partial charge in [0.25, 0.3) is 5.91 Å². The molecule has 5 nitrogen and oxygen atoms in total. The number of hydrogen-bond acceptors (Lipinski definition) is 3. The highest BCUT2D eigenvalue weighted by Crippen LogP contribution is 2.18. The fraction of sp³-hybridized carbons (Fsp3) is 0.0500. The van der Waals surface area contributed by atoms with Crippen molar-refractivity contribution in [2.75, 3.05) is 0 Å². The van der Waals surface area contributed by atoms with Crippen LogP contribution < -0.4 is 5.32 Å². The van der Waals surface area contributed by atoms with E-state index in [4.69, 9.17) is 0 Å². The van der Waals surface area contributed by atoms with E-state index < -0.39 is 0 Å². The van der Waals surface area contributed by atoms with E-state index in [-0.39, 0.29) is 5.91 Å². The molecule has 0 fully saturated rings. The second kappa shape index (κ2) is 6.57. The lowest BCUT2D eigenvalue weighted by atomic mass is 10.1. The van der Waals surface area contributed by atoms with Crippen LogP contribution in [0, 0.1) is 0 Å². The number of rotatable bonds is 4. The average molecular weight is 328 g/mol. The van der Waals surface area contributed by atoms with E-state index in [1.165, 1.54) is 0 Å². The lowest BCUT2D eigenvalue weighted by Crippen LogP contribution is -2.23. The molecule has 0 bridgehead atoms. The summed E-state index contributed by atoms with van der Waals surface area (Å²) in [5.74, 6) is -0.135. The first kappa shape index (κ1) is 15.1. The van der Waals surface area contributed by atoms with Gasteiger partial charge < -0.3 is 9.88 Å². The molecular weight excluding hydrogens is 312 g/mol. The van der Waals surface area contributed by atoms with Crippen molar-refractivity contribution in [2.45, 2.75) is 6.54 Å². The van der Waals surface area contributed by atoms with E-state index in [0.717, 1.165) is 22.0 Å². The Morgan fingerprint density at radius 2 is 1.84 bits per heavy atom. The van der Waals surface area contributed by atoms with Gasteiger partial charge in [-0.25, -0.2) is 4.98 Å². The predicted octanol–water partition coefficient (Wildman–Crippen LogP) is 3.35. The molecule has 0 unspecified atom stereocenters. The largest absolute Gasteiger partial charge is 0.348 e. The number of carbonyl (C=O) groups excluding carboxylic acids is 1. The number of pyridine rings is 1. The van der Waals surface area contributed by atoms with Gasteiger partial charge in [-0.1, -0.05) is 42.5 Å². The number of para-hydroxylation sites is 1. The molecule has 122 valence electrons. The third-order valence-electron chi connectivity index (χ3n) is 4.13. The third-order valence-corrected chi connectivity index (χ3v) is 4.13. The maximum absolute atomic E-state index is 12.7. The van der Waals surface area contributed by atoms with Crippen LogP contribution >= 0.6 is 0 Å². The third kappa shape index (κ3) is 2.99. The molecule has 4 rings (SSSR count). The number of aromatic nitrogens is 3. The van der Waals surface area contributed by atoms with E-state index in [2.05, 4.69) is 15.3 Å². The molecule has 4 aromatic rings. The van der Waals surface area contributed by atoms with Crippen LogP contribution in [0.2, 0.25) is 0 Å². The van der Waals surface area contributed by atoms with Gasteiger partial charge >= 0.3 is 0 Å². The molecule has 0 saturated carbocycles. The minimum atomic E-state index is -0.135. The SMILES string of the molecule is O=C(NCc1ccccc1-n1ccnc1)c1cncc2ccccc12. The molecule has 2 heterocycles. The first-order valence-electron chi connectivity index (χ1n) is 8.00. The Bertz CT molecular complexity index is 1020. The van der Waals surface area contributed by atoms with Gasteiger partial charge in [-0.15, -0.1) is 0 Å². The van der Waals surface area contributed by atoms with Crippen molar-refractivity contribution in [1.29, 1.82) is 0 Å². The summed E-state index contributed by atoms with van der Waals surface area (Å²) in [4.78, 5) is 20.9. The molecule has 0 aliphatic carbocycles. The quantitative estimate of drug-likeness (QED) is 0.625. The molecule has 1 N–H and O–H groups in total. The number of nitrogens with one attached hydrogen (secondary N) is 1. The Labute approximate surface area is 145 Å². The van der Waals surface area contributed by atoms with Gasteiger partial charge in [-0.3, -0.25) is 9.78 Å². The molecule has 5 heteroatoms. The van der Waals surface area contributed by atoms with Crippen molar-refractivity contribution in [3.05, 3.63) is 90.8 Å². The molecule has 0 radical (unpaired) electrons. The van der Waals surface area contributed by atoms with Gasteiger partial charge in [0.1, 0.15) is 0 Å². The number of benzene rings is 2. The van der Waals surface area contributed by atoms with Gasteiger partial charge in [0.05, 0.1) is 17.6 Å². The summed E-state index contributed by atoms with van der Waals surface area (Å²) in [6, 6.07) is 15.7. The molecule has 2 aromatic carbocycles. The molecular formula is C20H16N4O. The average Bonchev–Trinajstić information content (AvgIpc) is 3.20. The lowest BCUT2D eigenvalue weighted by molar-refractivity contribution is 0.0952. The maximum Gasteiger partial charge on any atom is 0.253 e. The van der Waals surface area contributed by atoms with Gasteiger partial charge in [0.2, 0.25) is 0 Å². The maximum atomic E-state index is 12.7. The van der Waals surface area contributed by atoms with Crippen molar-refractivity contribution < 1.29 is 4.79 Å². The second-order valence-electron chi connectivity index (χ2n) is 5.69. The van der Waals surface area contributed by atoms with Crippen molar-refractivity contribution in [3.8, 4) is 5.69 Å². The minimum absolute atomic E-state index is 0.135. The summed E-state index contributed by atoms with van der Waals surface area (Å²) in [7, 11) is 0. The Hall–Kier alpha value is -3.47. The van der Waals surface area contributed by atoms with Crippen LogP contribution in [-0.2, 0) is 6.54 Å². The van der Waals surface area contributed by atoms with Crippen molar-refractivity contribution in [3.63, 3.8) is 0 Å². The first-order valence-corrected chi connectivity index (χ1v) is 8.00. The number of hydrogen-bond donors (Lipinski definition) is 1. The summed E-state index contributed by atoms with van der Waals surface area (Å²) in [5.41, 5.74) is 2.59. The van der Waals surface area contributed by atoms with E-state index in [9.17, 15) is 4.79 Å². The molecule has 2 aromatic heterocycles. The number of amides is 1. The van der Waals surface area contributed by atoms with Crippen LogP contribution in [0.5, 0.6) is 0 Å².